The summed E-state index contributed by atoms with van der Waals surface area (Å²) in [4.78, 5) is 29.3. The standard InChI is InChI=1S/C18H19N5O3S/c1-11-16(27-12(2)20-11)14-6-7-15(22-21-14)26-10-8-19-17(24)13-5-4-9-23(3)18(13)25/h4-7,9H,8,10H2,1-3H3,(H,19,24). The highest BCUT2D eigenvalue weighted by Crippen LogP contribution is 2.28. The first kappa shape index (κ1) is 18.7. The molecule has 1 N–H and O–H groups in total. The van der Waals surface area contributed by atoms with E-state index in [0.29, 0.717) is 5.88 Å². The molecule has 3 aromatic rings. The van der Waals surface area contributed by atoms with Gasteiger partial charge in [0.2, 0.25) is 5.88 Å². The molecule has 0 radical (unpaired) electrons. The van der Waals surface area contributed by atoms with Crippen molar-refractivity contribution in [2.75, 3.05) is 13.2 Å². The molecule has 0 unspecified atom stereocenters. The Morgan fingerprint density at radius 2 is 2.07 bits per heavy atom. The van der Waals surface area contributed by atoms with E-state index in [-0.39, 0.29) is 24.3 Å². The Balaban J connectivity index is 1.52. The van der Waals surface area contributed by atoms with Gasteiger partial charge in [-0.2, -0.15) is 0 Å². The predicted molar refractivity (Wildman–Crippen MR) is 102 cm³/mol. The fraction of sp³-hybridized carbons (Fsp3) is 0.278. The Morgan fingerprint density at radius 3 is 2.74 bits per heavy atom. The number of hydrogen-bond acceptors (Lipinski definition) is 7. The first-order valence-corrected chi connectivity index (χ1v) is 9.12. The van der Waals surface area contributed by atoms with Crippen molar-refractivity contribution in [1.29, 1.82) is 0 Å². The average Bonchev–Trinajstić information content (AvgIpc) is 2.99. The molecular formula is C18H19N5O3S. The lowest BCUT2D eigenvalue weighted by atomic mass is 10.2. The number of nitrogens with zero attached hydrogens (tertiary/aromatic N) is 4. The second-order valence-corrected chi connectivity index (χ2v) is 7.05. The van der Waals surface area contributed by atoms with Crippen molar-refractivity contribution in [2.45, 2.75) is 13.8 Å². The molecule has 27 heavy (non-hydrogen) atoms. The maximum Gasteiger partial charge on any atom is 0.263 e. The average molecular weight is 385 g/mol. The summed E-state index contributed by atoms with van der Waals surface area (Å²) in [6, 6.07) is 6.70. The van der Waals surface area contributed by atoms with Crippen molar-refractivity contribution >= 4 is 17.2 Å². The number of aryl methyl sites for hydroxylation is 3. The lowest BCUT2D eigenvalue weighted by Gasteiger charge is -2.07. The van der Waals surface area contributed by atoms with E-state index < -0.39 is 5.91 Å². The molecule has 0 saturated heterocycles. The van der Waals surface area contributed by atoms with Gasteiger partial charge in [0.15, 0.2) is 0 Å². The third kappa shape index (κ3) is 4.37. The van der Waals surface area contributed by atoms with Gasteiger partial charge in [-0.25, -0.2) is 4.98 Å². The first-order valence-electron chi connectivity index (χ1n) is 8.30. The Morgan fingerprint density at radius 1 is 1.26 bits per heavy atom. The van der Waals surface area contributed by atoms with Crippen LogP contribution in [-0.4, -0.2) is 38.8 Å². The molecular weight excluding hydrogens is 366 g/mol. The number of carbonyl (C=O) groups is 1. The Kier molecular flexibility index (Phi) is 5.60. The number of rotatable bonds is 6. The second-order valence-electron chi connectivity index (χ2n) is 5.85. The van der Waals surface area contributed by atoms with Gasteiger partial charge in [-0.15, -0.1) is 21.5 Å². The van der Waals surface area contributed by atoms with Crippen LogP contribution in [0.3, 0.4) is 0 Å². The number of amides is 1. The van der Waals surface area contributed by atoms with Crippen molar-refractivity contribution < 1.29 is 9.53 Å². The highest BCUT2D eigenvalue weighted by molar-refractivity contribution is 7.15. The van der Waals surface area contributed by atoms with Crippen molar-refractivity contribution in [3.63, 3.8) is 0 Å². The minimum atomic E-state index is -0.433. The van der Waals surface area contributed by atoms with Crippen LogP contribution < -0.4 is 15.6 Å². The van der Waals surface area contributed by atoms with Crippen LogP contribution in [0.25, 0.3) is 10.6 Å². The van der Waals surface area contributed by atoms with Crippen LogP contribution >= 0.6 is 11.3 Å². The van der Waals surface area contributed by atoms with Gasteiger partial charge in [0.25, 0.3) is 11.5 Å². The summed E-state index contributed by atoms with van der Waals surface area (Å²) in [7, 11) is 1.60. The zero-order valence-corrected chi connectivity index (χ0v) is 16.0. The molecule has 0 aliphatic rings. The summed E-state index contributed by atoms with van der Waals surface area (Å²) in [6.07, 6.45) is 1.60. The number of carbonyl (C=O) groups excluding carboxylic acids is 1. The van der Waals surface area contributed by atoms with Gasteiger partial charge < -0.3 is 14.6 Å². The van der Waals surface area contributed by atoms with Crippen molar-refractivity contribution in [3.05, 3.63) is 57.1 Å². The van der Waals surface area contributed by atoms with E-state index in [0.717, 1.165) is 21.3 Å². The van der Waals surface area contributed by atoms with Crippen molar-refractivity contribution in [3.8, 4) is 16.5 Å². The van der Waals surface area contributed by atoms with Gasteiger partial charge in [0.1, 0.15) is 17.9 Å². The summed E-state index contributed by atoms with van der Waals surface area (Å²) in [6.45, 7) is 4.35. The van der Waals surface area contributed by atoms with Crippen LogP contribution in [0.5, 0.6) is 5.88 Å². The van der Waals surface area contributed by atoms with Crippen LogP contribution in [0.2, 0.25) is 0 Å². The first-order chi connectivity index (χ1) is 13.0. The zero-order chi connectivity index (χ0) is 19.4. The lowest BCUT2D eigenvalue weighted by Crippen LogP contribution is -2.34. The van der Waals surface area contributed by atoms with Crippen LogP contribution in [0.1, 0.15) is 21.1 Å². The second kappa shape index (κ2) is 8.09. The van der Waals surface area contributed by atoms with E-state index in [1.54, 1.807) is 36.7 Å². The maximum atomic E-state index is 12.1. The molecule has 3 rings (SSSR count). The number of hydrogen-bond donors (Lipinski definition) is 1. The van der Waals surface area contributed by atoms with Crippen LogP contribution in [0, 0.1) is 13.8 Å². The molecule has 0 aliphatic heterocycles. The summed E-state index contributed by atoms with van der Waals surface area (Å²) in [5.41, 5.74) is 1.43. The van der Waals surface area contributed by atoms with Gasteiger partial charge >= 0.3 is 0 Å². The number of nitrogens with one attached hydrogen (secondary N) is 1. The molecule has 9 heteroatoms. The molecule has 0 aromatic carbocycles. The van der Waals surface area contributed by atoms with Gasteiger partial charge in [-0.1, -0.05) is 0 Å². The van der Waals surface area contributed by atoms with Crippen LogP contribution in [0.15, 0.2) is 35.3 Å². The van der Waals surface area contributed by atoms with E-state index in [2.05, 4.69) is 20.5 Å². The maximum absolute atomic E-state index is 12.1. The quantitative estimate of drug-likeness (QED) is 0.649. The van der Waals surface area contributed by atoms with Crippen LogP contribution in [0.4, 0.5) is 0 Å². The topological polar surface area (TPSA) is 99.0 Å². The summed E-state index contributed by atoms with van der Waals surface area (Å²) in [5, 5.41) is 11.8. The molecule has 0 bridgehead atoms. The molecule has 0 fully saturated rings. The number of aromatic nitrogens is 4. The SMILES string of the molecule is Cc1nc(C)c(-c2ccc(OCCNC(=O)c3cccn(C)c3=O)nn2)s1. The molecule has 140 valence electrons. The normalized spacial score (nSPS) is 10.6. The van der Waals surface area contributed by atoms with Gasteiger partial charge in [0.05, 0.1) is 22.1 Å². The number of thiazole rings is 1. The smallest absolute Gasteiger partial charge is 0.263 e. The zero-order valence-electron chi connectivity index (χ0n) is 15.2. The van der Waals surface area contributed by atoms with E-state index in [1.807, 2.05) is 19.9 Å². The Hall–Kier alpha value is -3.07. The Labute approximate surface area is 159 Å². The molecule has 3 aromatic heterocycles. The number of pyridine rings is 1. The van der Waals surface area contributed by atoms with E-state index in [1.165, 1.54) is 10.6 Å². The highest BCUT2D eigenvalue weighted by atomic mass is 32.1. The molecule has 0 atom stereocenters. The van der Waals surface area contributed by atoms with Crippen LogP contribution in [-0.2, 0) is 7.05 Å². The molecule has 0 saturated carbocycles. The lowest BCUT2D eigenvalue weighted by molar-refractivity contribution is 0.0944. The fourth-order valence-electron chi connectivity index (χ4n) is 2.47. The monoisotopic (exact) mass is 385 g/mol. The van der Waals surface area contributed by atoms with Crippen molar-refractivity contribution in [2.24, 2.45) is 7.05 Å². The predicted octanol–water partition coefficient (Wildman–Crippen LogP) is 1.72. The van der Waals surface area contributed by atoms with Gasteiger partial charge in [-0.05, 0) is 32.0 Å². The minimum Gasteiger partial charge on any atom is -0.475 e. The molecule has 0 spiro atoms. The summed E-state index contributed by atoms with van der Waals surface area (Å²) in [5.74, 6) is -0.0696. The highest BCUT2D eigenvalue weighted by Gasteiger charge is 2.11. The van der Waals surface area contributed by atoms with E-state index >= 15 is 0 Å². The van der Waals surface area contributed by atoms with E-state index in [9.17, 15) is 9.59 Å². The minimum absolute atomic E-state index is 0.0966. The summed E-state index contributed by atoms with van der Waals surface area (Å²) >= 11 is 1.57. The van der Waals surface area contributed by atoms with Gasteiger partial charge in [-0.3, -0.25) is 9.59 Å². The molecule has 1 amide bonds. The van der Waals surface area contributed by atoms with Crippen molar-refractivity contribution in [1.82, 2.24) is 25.1 Å². The molecule has 3 heterocycles. The molecule has 0 aliphatic carbocycles. The van der Waals surface area contributed by atoms with Gasteiger partial charge in [0, 0.05) is 19.3 Å². The summed E-state index contributed by atoms with van der Waals surface area (Å²) < 4.78 is 6.84. The third-order valence-electron chi connectivity index (χ3n) is 3.78. The van der Waals surface area contributed by atoms with E-state index in [4.69, 9.17) is 4.74 Å². The Bertz CT molecular complexity index is 1010. The fourth-order valence-corrected chi connectivity index (χ4v) is 3.36. The molecule has 8 nitrogen and oxygen atoms in total. The third-order valence-corrected chi connectivity index (χ3v) is 4.88. The largest absolute Gasteiger partial charge is 0.475 e. The number of ether oxygens (including phenoxy) is 1.